The summed E-state index contributed by atoms with van der Waals surface area (Å²) < 4.78 is 0. The molecule has 2 heterocycles. The number of carbonyl (C=O) groups excluding carboxylic acids is 2. The van der Waals surface area contributed by atoms with Crippen LogP contribution in [0.15, 0.2) is 59.6 Å². The number of hydrogen-bond acceptors (Lipinski definition) is 12. The van der Waals surface area contributed by atoms with E-state index in [1.54, 1.807) is 0 Å². The van der Waals surface area contributed by atoms with Gasteiger partial charge in [-0.3, -0.25) is 35.1 Å². The standard InChI is InChI=1S/C23H19N7O8S2/c31-20-18(12-14-2-6-16(7-3-14)28(33)34)39-21(15-4-8-17(9-5-15)29(35)36)27(20)23(32)25-11-1-10-24-22-26-13-19(40-22)30(37)38/h2-9,12-13,21H,1,10-11H2,(H,24,26)(H,25,32)/b18-12-. The Labute approximate surface area is 233 Å². The number of thioether (sulfide) groups is 1. The van der Waals surface area contributed by atoms with Crippen molar-refractivity contribution in [2.24, 2.45) is 0 Å². The number of anilines is 1. The van der Waals surface area contributed by atoms with Crippen molar-refractivity contribution in [2.75, 3.05) is 18.4 Å². The van der Waals surface area contributed by atoms with Gasteiger partial charge in [0.25, 0.3) is 17.3 Å². The lowest BCUT2D eigenvalue weighted by molar-refractivity contribution is -0.385. The number of nitro groups is 3. The zero-order valence-corrected chi connectivity index (χ0v) is 21.9. The van der Waals surface area contributed by atoms with Gasteiger partial charge in [0.15, 0.2) is 5.13 Å². The van der Waals surface area contributed by atoms with Gasteiger partial charge in [0.05, 0.1) is 19.7 Å². The first-order valence-corrected chi connectivity index (χ1v) is 13.2. The highest BCUT2D eigenvalue weighted by Gasteiger charge is 2.41. The summed E-state index contributed by atoms with van der Waals surface area (Å²) in [4.78, 5) is 62.6. The van der Waals surface area contributed by atoms with Crippen LogP contribution in [0, 0.1) is 30.3 Å². The highest BCUT2D eigenvalue weighted by atomic mass is 32.2. The van der Waals surface area contributed by atoms with Gasteiger partial charge in [-0.25, -0.2) is 14.7 Å². The van der Waals surface area contributed by atoms with E-state index in [2.05, 4.69) is 15.6 Å². The van der Waals surface area contributed by atoms with E-state index >= 15 is 0 Å². The first-order valence-electron chi connectivity index (χ1n) is 11.5. The lowest BCUT2D eigenvalue weighted by atomic mass is 10.1. The van der Waals surface area contributed by atoms with Gasteiger partial charge in [0, 0.05) is 37.4 Å². The molecule has 3 aromatic rings. The van der Waals surface area contributed by atoms with E-state index in [1.807, 2.05) is 0 Å². The molecule has 1 aliphatic rings. The number of non-ortho nitro benzene ring substituents is 2. The van der Waals surface area contributed by atoms with Crippen LogP contribution in [0.3, 0.4) is 0 Å². The minimum Gasteiger partial charge on any atom is -0.361 e. The first kappa shape index (κ1) is 28.1. The van der Waals surface area contributed by atoms with Gasteiger partial charge < -0.3 is 10.6 Å². The van der Waals surface area contributed by atoms with Crippen molar-refractivity contribution in [2.45, 2.75) is 11.8 Å². The summed E-state index contributed by atoms with van der Waals surface area (Å²) in [5.41, 5.74) is 0.742. The Morgan fingerprint density at radius 1 is 0.950 bits per heavy atom. The first-order chi connectivity index (χ1) is 19.1. The number of amides is 3. The number of carbonyl (C=O) groups is 2. The van der Waals surface area contributed by atoms with Gasteiger partial charge in [0.2, 0.25) is 0 Å². The number of nitrogens with zero attached hydrogens (tertiary/aromatic N) is 5. The molecule has 4 rings (SSSR count). The Morgan fingerprint density at radius 2 is 1.57 bits per heavy atom. The second-order valence-electron chi connectivity index (χ2n) is 8.12. The number of nitrogens with one attached hydrogen (secondary N) is 2. The van der Waals surface area contributed by atoms with Crippen molar-refractivity contribution in [3.8, 4) is 0 Å². The van der Waals surface area contributed by atoms with Crippen LogP contribution in [0.4, 0.5) is 26.3 Å². The fourth-order valence-corrected chi connectivity index (χ4v) is 5.45. The predicted molar refractivity (Wildman–Crippen MR) is 147 cm³/mol. The number of aromatic nitrogens is 1. The lowest BCUT2D eigenvalue weighted by Crippen LogP contribution is -2.42. The molecule has 1 unspecified atom stereocenters. The molecule has 1 aromatic heterocycles. The fraction of sp³-hybridized carbons (Fsp3) is 0.174. The zero-order valence-electron chi connectivity index (χ0n) is 20.3. The molecule has 1 atom stereocenters. The highest BCUT2D eigenvalue weighted by Crippen LogP contribution is 2.46. The number of imide groups is 1. The van der Waals surface area contributed by atoms with Crippen LogP contribution in [0.2, 0.25) is 0 Å². The molecule has 0 aliphatic carbocycles. The van der Waals surface area contributed by atoms with Crippen LogP contribution < -0.4 is 10.6 Å². The molecule has 1 aliphatic heterocycles. The maximum atomic E-state index is 13.3. The number of thiazole rings is 1. The second-order valence-corrected chi connectivity index (χ2v) is 10.3. The number of rotatable bonds is 10. The third-order valence-electron chi connectivity index (χ3n) is 5.49. The zero-order chi connectivity index (χ0) is 28.8. The molecule has 0 radical (unpaired) electrons. The molecule has 0 spiro atoms. The van der Waals surface area contributed by atoms with Gasteiger partial charge in [-0.05, 0) is 59.2 Å². The van der Waals surface area contributed by atoms with E-state index in [0.29, 0.717) is 29.2 Å². The molecule has 40 heavy (non-hydrogen) atoms. The van der Waals surface area contributed by atoms with Crippen LogP contribution >= 0.6 is 23.1 Å². The summed E-state index contributed by atoms with van der Waals surface area (Å²) in [6, 6.07) is 10.4. The summed E-state index contributed by atoms with van der Waals surface area (Å²) in [7, 11) is 0. The van der Waals surface area contributed by atoms with Crippen molar-refractivity contribution in [3.63, 3.8) is 0 Å². The van der Waals surface area contributed by atoms with Gasteiger partial charge in [-0.1, -0.05) is 11.8 Å². The van der Waals surface area contributed by atoms with Gasteiger partial charge in [0.1, 0.15) is 11.6 Å². The van der Waals surface area contributed by atoms with Crippen LogP contribution in [-0.4, -0.2) is 49.7 Å². The number of nitro benzene ring substituents is 2. The maximum absolute atomic E-state index is 13.3. The number of hydrogen-bond donors (Lipinski definition) is 2. The normalized spacial score (nSPS) is 15.7. The molecule has 2 aromatic carbocycles. The maximum Gasteiger partial charge on any atom is 0.345 e. The van der Waals surface area contributed by atoms with Crippen LogP contribution in [0.1, 0.15) is 22.9 Å². The van der Waals surface area contributed by atoms with E-state index in [9.17, 15) is 39.9 Å². The van der Waals surface area contributed by atoms with Crippen molar-refractivity contribution in [1.82, 2.24) is 15.2 Å². The molecule has 206 valence electrons. The molecule has 1 fully saturated rings. The molecule has 15 nitrogen and oxygen atoms in total. The van der Waals surface area contributed by atoms with Crippen molar-refractivity contribution < 1.29 is 24.4 Å². The van der Waals surface area contributed by atoms with E-state index in [4.69, 9.17) is 0 Å². The average molecular weight is 586 g/mol. The van der Waals surface area contributed by atoms with E-state index < -0.39 is 32.1 Å². The van der Waals surface area contributed by atoms with Crippen molar-refractivity contribution in [3.05, 3.63) is 101 Å². The average Bonchev–Trinajstić information content (AvgIpc) is 3.53. The number of benzene rings is 2. The quantitative estimate of drug-likeness (QED) is 0.144. The van der Waals surface area contributed by atoms with E-state index in [1.165, 1.54) is 54.6 Å². The molecule has 1 saturated heterocycles. The minimum atomic E-state index is -0.813. The topological polar surface area (TPSA) is 204 Å². The third-order valence-corrected chi connectivity index (χ3v) is 7.65. The molecule has 17 heteroatoms. The molecule has 3 amide bonds. The molecular weight excluding hydrogens is 566 g/mol. The molecule has 0 bridgehead atoms. The summed E-state index contributed by atoms with van der Waals surface area (Å²) >= 11 is 1.96. The Morgan fingerprint density at radius 3 is 2.15 bits per heavy atom. The molecule has 0 saturated carbocycles. The van der Waals surface area contributed by atoms with E-state index in [-0.39, 0.29) is 27.8 Å². The summed E-state index contributed by atoms with van der Waals surface area (Å²) in [6.45, 7) is 0.521. The highest BCUT2D eigenvalue weighted by molar-refractivity contribution is 8.04. The van der Waals surface area contributed by atoms with E-state index in [0.717, 1.165) is 34.2 Å². The second kappa shape index (κ2) is 12.3. The predicted octanol–water partition coefficient (Wildman–Crippen LogP) is 4.69. The van der Waals surface area contributed by atoms with Crippen LogP contribution in [-0.2, 0) is 4.79 Å². The molecule has 2 N–H and O–H groups in total. The van der Waals surface area contributed by atoms with Crippen molar-refractivity contribution in [1.29, 1.82) is 0 Å². The Kier molecular flexibility index (Phi) is 8.65. The third kappa shape index (κ3) is 6.56. The summed E-state index contributed by atoms with van der Waals surface area (Å²) in [5, 5.41) is 37.8. The smallest absolute Gasteiger partial charge is 0.345 e. The Hall–Kier alpha value is -4.90. The molecular formula is C23H19N7O8S2. The van der Waals surface area contributed by atoms with Gasteiger partial charge in [-0.2, -0.15) is 0 Å². The summed E-state index contributed by atoms with van der Waals surface area (Å²) in [6.07, 6.45) is 3.08. The number of urea groups is 1. The monoisotopic (exact) mass is 585 g/mol. The van der Waals surface area contributed by atoms with Crippen molar-refractivity contribution >= 4 is 62.6 Å². The summed E-state index contributed by atoms with van der Waals surface area (Å²) in [5.74, 6) is -0.600. The van der Waals surface area contributed by atoms with Gasteiger partial charge in [-0.15, -0.1) is 0 Å². The van der Waals surface area contributed by atoms with Crippen LogP contribution in [0.25, 0.3) is 6.08 Å². The van der Waals surface area contributed by atoms with Crippen LogP contribution in [0.5, 0.6) is 0 Å². The van der Waals surface area contributed by atoms with Gasteiger partial charge >= 0.3 is 11.0 Å². The largest absolute Gasteiger partial charge is 0.361 e. The lowest BCUT2D eigenvalue weighted by Gasteiger charge is -2.22. The SMILES string of the molecule is O=C(NCCCNc1ncc([N+](=O)[O-])s1)N1C(=O)/C(=C/c2ccc([N+](=O)[O-])cc2)SC1c1ccc([N+](=O)[O-])cc1. The Bertz CT molecular complexity index is 1490. The Balaban J connectivity index is 1.46. The minimum absolute atomic E-state index is 0.101. The fourth-order valence-electron chi connectivity index (χ4n) is 3.56.